The third-order valence-electron chi connectivity index (χ3n) is 5.63. The van der Waals surface area contributed by atoms with Gasteiger partial charge >= 0.3 is 0 Å². The van der Waals surface area contributed by atoms with Gasteiger partial charge in [-0.15, -0.1) is 24.0 Å². The molecule has 0 bridgehead atoms. The number of guanidine groups is 1. The van der Waals surface area contributed by atoms with E-state index in [9.17, 15) is 9.18 Å². The summed E-state index contributed by atoms with van der Waals surface area (Å²) in [5, 5.41) is 3.40. The molecule has 2 heterocycles. The first-order valence-electron chi connectivity index (χ1n) is 10.6. The SMILES string of the molecule is CN=C(NCCCN1C(=O)COc2ccccc21)N1CCN(c2ccccc2F)CC1.I. The average molecular weight is 553 g/mol. The van der Waals surface area contributed by atoms with Crippen LogP contribution in [0.1, 0.15) is 6.42 Å². The molecule has 0 aromatic heterocycles. The third-order valence-corrected chi connectivity index (χ3v) is 5.63. The fourth-order valence-corrected chi connectivity index (χ4v) is 4.04. The fourth-order valence-electron chi connectivity index (χ4n) is 4.04. The van der Waals surface area contributed by atoms with Crippen molar-refractivity contribution in [1.29, 1.82) is 0 Å². The van der Waals surface area contributed by atoms with Gasteiger partial charge in [-0.2, -0.15) is 0 Å². The van der Waals surface area contributed by atoms with Crippen LogP contribution in [0.4, 0.5) is 15.8 Å². The van der Waals surface area contributed by atoms with Crippen LogP contribution in [-0.4, -0.2) is 69.7 Å². The number of para-hydroxylation sites is 3. The fraction of sp³-hybridized carbons (Fsp3) is 0.391. The average Bonchev–Trinajstić information content (AvgIpc) is 2.81. The monoisotopic (exact) mass is 553 g/mol. The van der Waals surface area contributed by atoms with Crippen LogP contribution in [0.3, 0.4) is 0 Å². The molecular formula is C23H29FIN5O2. The number of nitrogens with zero attached hydrogens (tertiary/aromatic N) is 4. The summed E-state index contributed by atoms with van der Waals surface area (Å²) < 4.78 is 19.5. The van der Waals surface area contributed by atoms with Crippen LogP contribution < -0.4 is 19.9 Å². The number of amides is 1. The maximum absolute atomic E-state index is 14.0. The highest BCUT2D eigenvalue weighted by Crippen LogP contribution is 2.31. The van der Waals surface area contributed by atoms with E-state index in [1.165, 1.54) is 6.07 Å². The summed E-state index contributed by atoms with van der Waals surface area (Å²) in [7, 11) is 1.77. The zero-order valence-corrected chi connectivity index (χ0v) is 20.5. The second-order valence-electron chi connectivity index (χ2n) is 7.55. The molecule has 2 aromatic carbocycles. The van der Waals surface area contributed by atoms with Crippen LogP contribution in [0.2, 0.25) is 0 Å². The molecule has 172 valence electrons. The highest BCUT2D eigenvalue weighted by Gasteiger charge is 2.25. The number of aliphatic imine (C=N–C) groups is 1. The first kappa shape index (κ1) is 24.1. The van der Waals surface area contributed by atoms with Crippen LogP contribution in [0, 0.1) is 5.82 Å². The normalized spacial score (nSPS) is 16.2. The number of halogens is 2. The summed E-state index contributed by atoms with van der Waals surface area (Å²) in [6.07, 6.45) is 0.786. The summed E-state index contributed by atoms with van der Waals surface area (Å²) in [4.78, 5) is 22.7. The summed E-state index contributed by atoms with van der Waals surface area (Å²) >= 11 is 0. The summed E-state index contributed by atoms with van der Waals surface area (Å²) in [6.45, 7) is 4.41. The van der Waals surface area contributed by atoms with Crippen molar-refractivity contribution < 1.29 is 13.9 Å². The van der Waals surface area contributed by atoms with Gasteiger partial charge in [-0.1, -0.05) is 24.3 Å². The van der Waals surface area contributed by atoms with Gasteiger partial charge in [0.1, 0.15) is 11.6 Å². The lowest BCUT2D eigenvalue weighted by atomic mass is 10.2. The predicted molar refractivity (Wildman–Crippen MR) is 136 cm³/mol. The van der Waals surface area contributed by atoms with Gasteiger partial charge in [0, 0.05) is 46.3 Å². The van der Waals surface area contributed by atoms with E-state index in [1.54, 1.807) is 18.0 Å². The number of piperazine rings is 1. The zero-order chi connectivity index (χ0) is 21.6. The quantitative estimate of drug-likeness (QED) is 0.267. The van der Waals surface area contributed by atoms with Gasteiger partial charge in [0.2, 0.25) is 0 Å². The number of hydrogen-bond acceptors (Lipinski definition) is 4. The molecule has 0 atom stereocenters. The summed E-state index contributed by atoms with van der Waals surface area (Å²) in [5.74, 6) is 1.38. The molecular weight excluding hydrogens is 524 g/mol. The molecule has 0 unspecified atom stereocenters. The lowest BCUT2D eigenvalue weighted by Gasteiger charge is -2.37. The third kappa shape index (κ3) is 5.43. The maximum Gasteiger partial charge on any atom is 0.265 e. The molecule has 0 spiro atoms. The largest absolute Gasteiger partial charge is 0.482 e. The van der Waals surface area contributed by atoms with Gasteiger partial charge in [-0.3, -0.25) is 9.79 Å². The first-order valence-corrected chi connectivity index (χ1v) is 10.6. The number of rotatable bonds is 5. The number of benzene rings is 2. The second kappa shape index (κ2) is 11.3. The number of carbonyl (C=O) groups excluding carboxylic acids is 1. The zero-order valence-electron chi connectivity index (χ0n) is 18.2. The molecule has 0 aliphatic carbocycles. The molecule has 0 radical (unpaired) electrons. The Bertz CT molecular complexity index is 949. The van der Waals surface area contributed by atoms with Crippen molar-refractivity contribution in [2.75, 3.05) is 62.7 Å². The van der Waals surface area contributed by atoms with Crippen molar-refractivity contribution in [3.63, 3.8) is 0 Å². The summed E-state index contributed by atoms with van der Waals surface area (Å²) in [6, 6.07) is 14.5. The molecule has 2 aromatic rings. The van der Waals surface area contributed by atoms with Crippen molar-refractivity contribution >= 4 is 47.2 Å². The highest BCUT2D eigenvalue weighted by atomic mass is 127. The maximum atomic E-state index is 14.0. The number of nitrogens with one attached hydrogen (secondary N) is 1. The Morgan fingerprint density at radius 1 is 1.06 bits per heavy atom. The van der Waals surface area contributed by atoms with Crippen LogP contribution in [-0.2, 0) is 4.79 Å². The molecule has 1 amide bonds. The van der Waals surface area contributed by atoms with E-state index in [1.807, 2.05) is 36.4 Å². The Morgan fingerprint density at radius 2 is 1.75 bits per heavy atom. The van der Waals surface area contributed by atoms with Gasteiger partial charge in [0.25, 0.3) is 5.91 Å². The number of ether oxygens (including phenoxy) is 1. The Morgan fingerprint density at radius 3 is 2.47 bits per heavy atom. The van der Waals surface area contributed by atoms with Gasteiger partial charge < -0.3 is 24.8 Å². The molecule has 1 saturated heterocycles. The minimum Gasteiger partial charge on any atom is -0.482 e. The highest BCUT2D eigenvalue weighted by molar-refractivity contribution is 14.0. The lowest BCUT2D eigenvalue weighted by Crippen LogP contribution is -2.53. The van der Waals surface area contributed by atoms with Gasteiger partial charge in [-0.05, 0) is 30.7 Å². The van der Waals surface area contributed by atoms with Crippen molar-refractivity contribution in [3.05, 3.63) is 54.3 Å². The van der Waals surface area contributed by atoms with E-state index < -0.39 is 0 Å². The Labute approximate surface area is 205 Å². The van der Waals surface area contributed by atoms with Crippen molar-refractivity contribution in [2.24, 2.45) is 4.99 Å². The Kier molecular flexibility index (Phi) is 8.54. The molecule has 0 saturated carbocycles. The lowest BCUT2D eigenvalue weighted by molar-refractivity contribution is -0.121. The van der Waals surface area contributed by atoms with Crippen LogP contribution in [0.15, 0.2) is 53.5 Å². The van der Waals surface area contributed by atoms with E-state index in [0.717, 1.165) is 50.0 Å². The molecule has 2 aliphatic heterocycles. The molecule has 1 N–H and O–H groups in total. The van der Waals surface area contributed by atoms with Crippen LogP contribution in [0.5, 0.6) is 5.75 Å². The molecule has 9 heteroatoms. The Hall–Kier alpha value is -2.56. The molecule has 32 heavy (non-hydrogen) atoms. The molecule has 1 fully saturated rings. The number of fused-ring (bicyclic) bond motifs is 1. The smallest absolute Gasteiger partial charge is 0.265 e. The number of hydrogen-bond donors (Lipinski definition) is 1. The predicted octanol–water partition coefficient (Wildman–Crippen LogP) is 2.96. The Balaban J connectivity index is 0.00000289. The van der Waals surface area contributed by atoms with Gasteiger partial charge in [-0.25, -0.2) is 4.39 Å². The van der Waals surface area contributed by atoms with E-state index in [-0.39, 0.29) is 42.3 Å². The molecule has 7 nitrogen and oxygen atoms in total. The topological polar surface area (TPSA) is 60.4 Å². The standard InChI is InChI=1S/C23H28FN5O2.HI/c1-25-23(28-15-13-27(14-16-28)19-8-3-2-7-18(19)24)26-11-6-12-29-20-9-4-5-10-21(20)31-17-22(29)30;/h2-5,7-10H,6,11-17H2,1H3,(H,25,26);1H. The number of anilines is 2. The van der Waals surface area contributed by atoms with Crippen molar-refractivity contribution in [2.45, 2.75) is 6.42 Å². The van der Waals surface area contributed by atoms with E-state index in [2.05, 4.69) is 20.1 Å². The number of carbonyl (C=O) groups is 1. The van der Waals surface area contributed by atoms with E-state index >= 15 is 0 Å². The van der Waals surface area contributed by atoms with E-state index in [0.29, 0.717) is 18.8 Å². The first-order chi connectivity index (χ1) is 15.2. The van der Waals surface area contributed by atoms with Crippen LogP contribution >= 0.6 is 24.0 Å². The van der Waals surface area contributed by atoms with Gasteiger partial charge in [0.15, 0.2) is 12.6 Å². The summed E-state index contributed by atoms with van der Waals surface area (Å²) in [5.41, 5.74) is 1.48. The van der Waals surface area contributed by atoms with Crippen molar-refractivity contribution in [3.8, 4) is 5.75 Å². The second-order valence-corrected chi connectivity index (χ2v) is 7.55. The van der Waals surface area contributed by atoms with E-state index in [4.69, 9.17) is 4.74 Å². The van der Waals surface area contributed by atoms with Crippen molar-refractivity contribution in [1.82, 2.24) is 10.2 Å². The minimum absolute atomic E-state index is 0. The van der Waals surface area contributed by atoms with Crippen LogP contribution in [0.25, 0.3) is 0 Å². The molecule has 4 rings (SSSR count). The molecule has 2 aliphatic rings. The van der Waals surface area contributed by atoms with Gasteiger partial charge in [0.05, 0.1) is 11.4 Å². The minimum atomic E-state index is -0.183.